The molecule has 0 bridgehead atoms. The Balaban J connectivity index is 1.36. The zero-order chi connectivity index (χ0) is 17.1. The summed E-state index contributed by atoms with van der Waals surface area (Å²) in [6, 6.07) is 20.3. The second-order valence-corrected chi connectivity index (χ2v) is 5.92. The molecule has 0 unspecified atom stereocenters. The lowest BCUT2D eigenvalue weighted by Crippen LogP contribution is -2.20. The van der Waals surface area contributed by atoms with Crippen LogP contribution in [-0.4, -0.2) is 23.1 Å². The van der Waals surface area contributed by atoms with Crippen LogP contribution in [0.5, 0.6) is 5.75 Å². The van der Waals surface area contributed by atoms with Crippen LogP contribution in [-0.2, 0) is 6.54 Å². The molecule has 0 saturated heterocycles. The minimum atomic E-state index is -0.222. The molecule has 0 aliphatic rings. The molecule has 126 valence electrons. The number of nitrogens with one attached hydrogen (secondary N) is 3. The van der Waals surface area contributed by atoms with Gasteiger partial charge in [0.15, 0.2) is 0 Å². The summed E-state index contributed by atoms with van der Waals surface area (Å²) in [4.78, 5) is 16.9. The predicted molar refractivity (Wildman–Crippen MR) is 100 cm³/mol. The van der Waals surface area contributed by atoms with E-state index in [4.69, 9.17) is 4.74 Å². The van der Waals surface area contributed by atoms with Gasteiger partial charge in [-0.25, -0.2) is 4.79 Å². The second kappa shape index (κ2) is 6.83. The Morgan fingerprint density at radius 1 is 0.920 bits per heavy atom. The molecule has 0 radical (unpaired) electrons. The Morgan fingerprint density at radius 2 is 1.76 bits per heavy atom. The average molecular weight is 333 g/mol. The van der Waals surface area contributed by atoms with Gasteiger partial charge < -0.3 is 20.0 Å². The van der Waals surface area contributed by atoms with Crippen molar-refractivity contribution in [1.82, 2.24) is 15.3 Å². The highest BCUT2D eigenvalue weighted by Crippen LogP contribution is 2.21. The normalized spacial score (nSPS) is 11.2. The maximum atomic E-state index is 11.4. The molecule has 0 spiro atoms. The van der Waals surface area contributed by atoms with Crippen molar-refractivity contribution in [2.24, 2.45) is 0 Å². The lowest BCUT2D eigenvalue weighted by molar-refractivity contribution is 0.317. The van der Waals surface area contributed by atoms with E-state index in [1.807, 2.05) is 18.2 Å². The summed E-state index contributed by atoms with van der Waals surface area (Å²) in [5.74, 6) is 0.683. The van der Waals surface area contributed by atoms with Gasteiger partial charge in [0.05, 0.1) is 5.52 Å². The van der Waals surface area contributed by atoms with E-state index in [1.54, 1.807) is 0 Å². The first kappa shape index (κ1) is 15.5. The standard InChI is InChI=1S/C20H19N3O2/c24-20-22-17-9-4-10-18(19(17)23-20)25-12-11-21-13-15-7-3-6-14-5-1-2-8-16(14)15/h1-10,21H,11-13H2,(H2,22,23,24). The Hall–Kier alpha value is -3.05. The molecule has 0 fully saturated rings. The fourth-order valence-electron chi connectivity index (χ4n) is 3.05. The van der Waals surface area contributed by atoms with Crippen molar-refractivity contribution in [3.8, 4) is 5.75 Å². The predicted octanol–water partition coefficient (Wildman–Crippen LogP) is 3.18. The van der Waals surface area contributed by atoms with Crippen LogP contribution < -0.4 is 15.7 Å². The number of H-pyrrole nitrogens is 2. The fraction of sp³-hybridized carbons (Fsp3) is 0.150. The molecule has 1 heterocycles. The van der Waals surface area contributed by atoms with Gasteiger partial charge in [-0.1, -0.05) is 48.5 Å². The summed E-state index contributed by atoms with van der Waals surface area (Å²) in [7, 11) is 0. The SMILES string of the molecule is O=c1[nH]c2cccc(OCCNCc3cccc4ccccc34)c2[nH]1. The zero-order valence-corrected chi connectivity index (χ0v) is 13.7. The molecule has 5 nitrogen and oxygen atoms in total. The van der Waals surface area contributed by atoms with E-state index in [0.717, 1.165) is 12.1 Å². The summed E-state index contributed by atoms with van der Waals surface area (Å²) in [6.45, 7) is 2.03. The van der Waals surface area contributed by atoms with E-state index in [2.05, 4.69) is 57.7 Å². The first-order valence-corrected chi connectivity index (χ1v) is 8.32. The molecule has 0 amide bonds. The molecular weight excluding hydrogens is 314 g/mol. The van der Waals surface area contributed by atoms with E-state index in [1.165, 1.54) is 16.3 Å². The lowest BCUT2D eigenvalue weighted by atomic mass is 10.0. The Kier molecular flexibility index (Phi) is 4.23. The highest BCUT2D eigenvalue weighted by molar-refractivity contribution is 5.85. The molecule has 1 aromatic heterocycles. The zero-order valence-electron chi connectivity index (χ0n) is 13.7. The van der Waals surface area contributed by atoms with E-state index in [9.17, 15) is 4.79 Å². The lowest BCUT2D eigenvalue weighted by Gasteiger charge is -2.10. The molecule has 5 heteroatoms. The van der Waals surface area contributed by atoms with Crippen LogP contribution in [0.1, 0.15) is 5.56 Å². The van der Waals surface area contributed by atoms with Crippen LogP contribution in [0.3, 0.4) is 0 Å². The van der Waals surface area contributed by atoms with E-state index in [0.29, 0.717) is 24.4 Å². The van der Waals surface area contributed by atoms with Crippen molar-refractivity contribution in [2.45, 2.75) is 6.54 Å². The van der Waals surface area contributed by atoms with Crippen molar-refractivity contribution < 1.29 is 4.74 Å². The van der Waals surface area contributed by atoms with Crippen molar-refractivity contribution in [1.29, 1.82) is 0 Å². The molecule has 0 saturated carbocycles. The molecule has 4 aromatic rings. The second-order valence-electron chi connectivity index (χ2n) is 5.92. The van der Waals surface area contributed by atoms with Gasteiger partial charge in [0.25, 0.3) is 0 Å². The Morgan fingerprint density at radius 3 is 2.72 bits per heavy atom. The number of imidazole rings is 1. The van der Waals surface area contributed by atoms with Gasteiger partial charge >= 0.3 is 5.69 Å². The average Bonchev–Trinajstić information content (AvgIpc) is 3.02. The van der Waals surface area contributed by atoms with Gasteiger partial charge in [-0.3, -0.25) is 0 Å². The molecule has 25 heavy (non-hydrogen) atoms. The first-order chi connectivity index (χ1) is 12.3. The number of rotatable bonds is 6. The Bertz CT molecular complexity index is 1060. The van der Waals surface area contributed by atoms with E-state index >= 15 is 0 Å². The van der Waals surface area contributed by atoms with Gasteiger partial charge in [0.2, 0.25) is 0 Å². The van der Waals surface area contributed by atoms with Crippen LogP contribution in [0.2, 0.25) is 0 Å². The molecule has 4 rings (SSSR count). The fourth-order valence-corrected chi connectivity index (χ4v) is 3.05. The monoisotopic (exact) mass is 333 g/mol. The number of aromatic nitrogens is 2. The third-order valence-corrected chi connectivity index (χ3v) is 4.24. The van der Waals surface area contributed by atoms with Crippen LogP contribution in [0.4, 0.5) is 0 Å². The number of para-hydroxylation sites is 1. The molecule has 0 aliphatic carbocycles. The molecule has 0 aliphatic heterocycles. The van der Waals surface area contributed by atoms with Crippen LogP contribution >= 0.6 is 0 Å². The largest absolute Gasteiger partial charge is 0.490 e. The summed E-state index contributed by atoms with van der Waals surface area (Å²) in [5, 5.41) is 5.94. The van der Waals surface area contributed by atoms with Crippen molar-refractivity contribution in [3.63, 3.8) is 0 Å². The van der Waals surface area contributed by atoms with Gasteiger partial charge in [0, 0.05) is 13.1 Å². The molecule has 3 aromatic carbocycles. The van der Waals surface area contributed by atoms with Crippen molar-refractivity contribution in [3.05, 3.63) is 76.7 Å². The van der Waals surface area contributed by atoms with E-state index in [-0.39, 0.29) is 5.69 Å². The quantitative estimate of drug-likeness (QED) is 0.475. The number of fused-ring (bicyclic) bond motifs is 2. The molecule has 0 atom stereocenters. The van der Waals surface area contributed by atoms with Crippen molar-refractivity contribution in [2.75, 3.05) is 13.2 Å². The summed E-state index contributed by atoms with van der Waals surface area (Å²) >= 11 is 0. The van der Waals surface area contributed by atoms with Gasteiger partial charge in [-0.05, 0) is 28.5 Å². The number of ether oxygens (including phenoxy) is 1. The van der Waals surface area contributed by atoms with Crippen LogP contribution in [0.15, 0.2) is 65.5 Å². The van der Waals surface area contributed by atoms with Crippen LogP contribution in [0.25, 0.3) is 21.8 Å². The van der Waals surface area contributed by atoms with Crippen molar-refractivity contribution >= 4 is 21.8 Å². The highest BCUT2D eigenvalue weighted by Gasteiger charge is 2.05. The number of hydrogen-bond donors (Lipinski definition) is 3. The number of benzene rings is 3. The number of hydrogen-bond acceptors (Lipinski definition) is 3. The van der Waals surface area contributed by atoms with Crippen LogP contribution in [0, 0.1) is 0 Å². The molecular formula is C20H19N3O2. The first-order valence-electron chi connectivity index (χ1n) is 8.32. The minimum absolute atomic E-state index is 0.222. The van der Waals surface area contributed by atoms with Gasteiger partial charge in [-0.15, -0.1) is 0 Å². The summed E-state index contributed by atoms with van der Waals surface area (Å²) < 4.78 is 5.81. The van der Waals surface area contributed by atoms with Gasteiger partial charge in [-0.2, -0.15) is 0 Å². The maximum Gasteiger partial charge on any atom is 0.323 e. The van der Waals surface area contributed by atoms with E-state index < -0.39 is 0 Å². The number of aromatic amines is 2. The summed E-state index contributed by atoms with van der Waals surface area (Å²) in [6.07, 6.45) is 0. The Labute approximate surface area is 144 Å². The highest BCUT2D eigenvalue weighted by atomic mass is 16.5. The topological polar surface area (TPSA) is 69.9 Å². The molecule has 3 N–H and O–H groups in total. The third kappa shape index (κ3) is 3.27. The third-order valence-electron chi connectivity index (χ3n) is 4.24. The van der Waals surface area contributed by atoms with Gasteiger partial charge in [0.1, 0.15) is 17.9 Å². The maximum absolute atomic E-state index is 11.4. The smallest absolute Gasteiger partial charge is 0.323 e. The summed E-state index contributed by atoms with van der Waals surface area (Å²) in [5.41, 5.74) is 2.52. The minimum Gasteiger partial charge on any atom is -0.490 e.